The van der Waals surface area contributed by atoms with Crippen LogP contribution in [0.4, 0.5) is 0 Å². The van der Waals surface area contributed by atoms with Crippen molar-refractivity contribution in [3.05, 3.63) is 23.8 Å². The zero-order valence-electron chi connectivity index (χ0n) is 11.9. The summed E-state index contributed by atoms with van der Waals surface area (Å²) < 4.78 is 5.12. The average molecular weight is 264 g/mol. The molecule has 0 aromatic heterocycles. The molecule has 1 aliphatic heterocycles. The Bertz CT molecular complexity index is 403. The molecular weight excluding hydrogens is 240 g/mol. The van der Waals surface area contributed by atoms with Gasteiger partial charge < -0.3 is 15.2 Å². The monoisotopic (exact) mass is 264 g/mol. The third-order valence-electron chi connectivity index (χ3n) is 3.73. The van der Waals surface area contributed by atoms with Crippen LogP contribution in [-0.4, -0.2) is 42.8 Å². The lowest BCUT2D eigenvalue weighted by Gasteiger charge is -2.28. The van der Waals surface area contributed by atoms with Crippen LogP contribution in [0, 0.1) is 0 Å². The third-order valence-corrected chi connectivity index (χ3v) is 3.73. The minimum atomic E-state index is 0.325. The van der Waals surface area contributed by atoms with Gasteiger partial charge in [-0.25, -0.2) is 0 Å². The Labute approximate surface area is 115 Å². The number of aromatic hydroxyl groups is 1. The highest BCUT2D eigenvalue weighted by Gasteiger charge is 2.22. The molecule has 0 radical (unpaired) electrons. The second-order valence-corrected chi connectivity index (χ2v) is 5.11. The first-order valence-corrected chi connectivity index (χ1v) is 7.05. The first-order valence-electron chi connectivity index (χ1n) is 7.05. The van der Waals surface area contributed by atoms with Crippen molar-refractivity contribution in [3.63, 3.8) is 0 Å². The summed E-state index contributed by atoms with van der Waals surface area (Å²) in [5.74, 6) is 1.03. The molecule has 1 aromatic carbocycles. The van der Waals surface area contributed by atoms with Gasteiger partial charge in [0.15, 0.2) is 0 Å². The fourth-order valence-electron chi connectivity index (χ4n) is 2.65. The number of hydrogen-bond acceptors (Lipinski definition) is 4. The average Bonchev–Trinajstić information content (AvgIpc) is 2.94. The van der Waals surface area contributed by atoms with E-state index in [0.717, 1.165) is 38.2 Å². The molecule has 4 heteroatoms. The number of methoxy groups -OCH3 is 1. The second kappa shape index (κ2) is 6.78. The normalized spacial score (nSPS) is 19.0. The standard InChI is InChI=1S/C15H24N2O2/c1-3-8-17(13-6-7-16-10-13)11-12-4-5-14(19-2)9-15(12)18/h4-5,9,13,16,18H,3,6-8,10-11H2,1-2H3. The molecule has 2 rings (SSSR count). The second-order valence-electron chi connectivity index (χ2n) is 5.11. The van der Waals surface area contributed by atoms with Crippen LogP contribution >= 0.6 is 0 Å². The van der Waals surface area contributed by atoms with Crippen LogP contribution in [-0.2, 0) is 6.54 Å². The van der Waals surface area contributed by atoms with Crippen molar-refractivity contribution in [1.82, 2.24) is 10.2 Å². The molecule has 4 nitrogen and oxygen atoms in total. The SMILES string of the molecule is CCCN(Cc1ccc(OC)cc1O)C1CCNC1. The van der Waals surface area contributed by atoms with E-state index in [0.29, 0.717) is 17.5 Å². The van der Waals surface area contributed by atoms with E-state index in [4.69, 9.17) is 4.74 Å². The zero-order chi connectivity index (χ0) is 13.7. The minimum Gasteiger partial charge on any atom is -0.507 e. The van der Waals surface area contributed by atoms with Crippen LogP contribution < -0.4 is 10.1 Å². The van der Waals surface area contributed by atoms with Crippen LogP contribution in [0.5, 0.6) is 11.5 Å². The summed E-state index contributed by atoms with van der Waals surface area (Å²) in [4.78, 5) is 2.46. The fraction of sp³-hybridized carbons (Fsp3) is 0.600. The van der Waals surface area contributed by atoms with Gasteiger partial charge in [-0.3, -0.25) is 4.90 Å². The van der Waals surface area contributed by atoms with Crippen LogP contribution in [0.25, 0.3) is 0 Å². The van der Waals surface area contributed by atoms with Crippen molar-refractivity contribution in [2.45, 2.75) is 32.4 Å². The molecule has 0 aliphatic carbocycles. The maximum Gasteiger partial charge on any atom is 0.123 e. The number of phenols is 1. The Morgan fingerprint density at radius 3 is 2.89 bits per heavy atom. The van der Waals surface area contributed by atoms with E-state index in [9.17, 15) is 5.11 Å². The molecule has 0 bridgehead atoms. The van der Waals surface area contributed by atoms with Crippen molar-refractivity contribution in [1.29, 1.82) is 0 Å². The van der Waals surface area contributed by atoms with Gasteiger partial charge in [-0.2, -0.15) is 0 Å². The van der Waals surface area contributed by atoms with Crippen LogP contribution in [0.3, 0.4) is 0 Å². The summed E-state index contributed by atoms with van der Waals surface area (Å²) >= 11 is 0. The lowest BCUT2D eigenvalue weighted by Crippen LogP contribution is -2.36. The smallest absolute Gasteiger partial charge is 0.123 e. The lowest BCUT2D eigenvalue weighted by atomic mass is 10.1. The van der Waals surface area contributed by atoms with E-state index in [1.54, 1.807) is 13.2 Å². The van der Waals surface area contributed by atoms with E-state index in [1.807, 2.05) is 12.1 Å². The molecule has 1 fully saturated rings. The van der Waals surface area contributed by atoms with Crippen molar-refractivity contribution in [2.75, 3.05) is 26.7 Å². The highest BCUT2D eigenvalue weighted by molar-refractivity contribution is 5.39. The first-order chi connectivity index (χ1) is 9.24. The largest absolute Gasteiger partial charge is 0.507 e. The highest BCUT2D eigenvalue weighted by atomic mass is 16.5. The van der Waals surface area contributed by atoms with Gasteiger partial charge in [-0.05, 0) is 32.0 Å². The van der Waals surface area contributed by atoms with Gasteiger partial charge in [0.1, 0.15) is 11.5 Å². The van der Waals surface area contributed by atoms with Crippen molar-refractivity contribution >= 4 is 0 Å². The molecule has 1 aliphatic rings. The fourth-order valence-corrected chi connectivity index (χ4v) is 2.65. The van der Waals surface area contributed by atoms with Gasteiger partial charge >= 0.3 is 0 Å². The molecule has 0 saturated carbocycles. The summed E-state index contributed by atoms with van der Waals surface area (Å²) in [6.45, 7) is 6.22. The van der Waals surface area contributed by atoms with Gasteiger partial charge in [-0.15, -0.1) is 0 Å². The Balaban J connectivity index is 2.07. The number of benzene rings is 1. The maximum atomic E-state index is 10.1. The molecule has 0 amide bonds. The summed E-state index contributed by atoms with van der Waals surface area (Å²) in [6, 6.07) is 6.14. The number of ether oxygens (including phenoxy) is 1. The number of nitrogens with one attached hydrogen (secondary N) is 1. The maximum absolute atomic E-state index is 10.1. The quantitative estimate of drug-likeness (QED) is 0.824. The molecule has 2 N–H and O–H groups in total. The number of phenolic OH excluding ortho intramolecular Hbond substituents is 1. The van der Waals surface area contributed by atoms with Gasteiger partial charge in [-0.1, -0.05) is 13.0 Å². The molecule has 1 aromatic rings. The topological polar surface area (TPSA) is 44.7 Å². The van der Waals surface area contributed by atoms with Crippen molar-refractivity contribution in [2.24, 2.45) is 0 Å². The van der Waals surface area contributed by atoms with E-state index in [1.165, 1.54) is 6.42 Å². The van der Waals surface area contributed by atoms with E-state index < -0.39 is 0 Å². The molecule has 0 spiro atoms. The van der Waals surface area contributed by atoms with Crippen LogP contribution in [0.2, 0.25) is 0 Å². The van der Waals surface area contributed by atoms with Gasteiger partial charge in [0.25, 0.3) is 0 Å². The highest BCUT2D eigenvalue weighted by Crippen LogP contribution is 2.25. The van der Waals surface area contributed by atoms with Gasteiger partial charge in [0.05, 0.1) is 7.11 Å². The van der Waals surface area contributed by atoms with Gasteiger partial charge in [0, 0.05) is 30.8 Å². The summed E-state index contributed by atoms with van der Waals surface area (Å²) in [7, 11) is 1.61. The molecule has 1 heterocycles. The Hall–Kier alpha value is -1.26. The molecule has 1 atom stereocenters. The van der Waals surface area contributed by atoms with Crippen molar-refractivity contribution < 1.29 is 9.84 Å². The predicted octanol–water partition coefficient (Wildman–Crippen LogP) is 1.97. The third kappa shape index (κ3) is 3.61. The Kier molecular flexibility index (Phi) is 5.05. The summed E-state index contributed by atoms with van der Waals surface area (Å²) in [5.41, 5.74) is 0.973. The van der Waals surface area contributed by atoms with Crippen molar-refractivity contribution in [3.8, 4) is 11.5 Å². The first kappa shape index (κ1) is 14.2. The van der Waals surface area contributed by atoms with Crippen LogP contribution in [0.1, 0.15) is 25.3 Å². The summed E-state index contributed by atoms with van der Waals surface area (Å²) in [6.07, 6.45) is 2.32. The molecule has 106 valence electrons. The Morgan fingerprint density at radius 2 is 2.32 bits per heavy atom. The molecule has 1 saturated heterocycles. The van der Waals surface area contributed by atoms with E-state index in [-0.39, 0.29) is 0 Å². The van der Waals surface area contributed by atoms with E-state index >= 15 is 0 Å². The van der Waals surface area contributed by atoms with E-state index in [2.05, 4.69) is 17.1 Å². The van der Waals surface area contributed by atoms with Gasteiger partial charge in [0.2, 0.25) is 0 Å². The predicted molar refractivity (Wildman–Crippen MR) is 76.6 cm³/mol. The number of hydrogen-bond donors (Lipinski definition) is 2. The Morgan fingerprint density at radius 1 is 1.47 bits per heavy atom. The number of nitrogens with zero attached hydrogens (tertiary/aromatic N) is 1. The molecular formula is C15H24N2O2. The zero-order valence-corrected chi connectivity index (χ0v) is 11.9. The molecule has 19 heavy (non-hydrogen) atoms. The minimum absolute atomic E-state index is 0.325. The summed E-state index contributed by atoms with van der Waals surface area (Å²) in [5, 5.41) is 13.5. The van der Waals surface area contributed by atoms with Crippen LogP contribution in [0.15, 0.2) is 18.2 Å². The lowest BCUT2D eigenvalue weighted by molar-refractivity contribution is 0.197. The number of rotatable bonds is 6. The molecule has 1 unspecified atom stereocenters.